The van der Waals surface area contributed by atoms with Gasteiger partial charge in [0.05, 0.1) is 11.7 Å². The van der Waals surface area contributed by atoms with Crippen LogP contribution < -0.4 is 10.2 Å². The molecule has 5 heteroatoms. The average molecular weight is 434 g/mol. The zero-order valence-electron chi connectivity index (χ0n) is 19.3. The van der Waals surface area contributed by atoms with E-state index < -0.39 is 0 Å². The highest BCUT2D eigenvalue weighted by molar-refractivity contribution is 5.94. The van der Waals surface area contributed by atoms with E-state index in [2.05, 4.69) is 65.6 Å². The number of ether oxygens (including phenoxy) is 1. The van der Waals surface area contributed by atoms with Crippen molar-refractivity contribution in [3.63, 3.8) is 0 Å². The van der Waals surface area contributed by atoms with Crippen molar-refractivity contribution in [3.8, 4) is 0 Å². The lowest BCUT2D eigenvalue weighted by Crippen LogP contribution is -2.45. The van der Waals surface area contributed by atoms with Gasteiger partial charge in [0.25, 0.3) is 5.91 Å². The summed E-state index contributed by atoms with van der Waals surface area (Å²) in [4.78, 5) is 16.9. The number of carbonyl (C=O) groups is 1. The number of benzene rings is 2. The second-order valence-electron chi connectivity index (χ2n) is 9.23. The Bertz CT molecular complexity index is 900. The van der Waals surface area contributed by atoms with E-state index in [1.807, 2.05) is 30.3 Å². The van der Waals surface area contributed by atoms with Crippen molar-refractivity contribution < 1.29 is 9.53 Å². The number of anilines is 1. The molecule has 0 aromatic heterocycles. The summed E-state index contributed by atoms with van der Waals surface area (Å²) in [5.41, 5.74) is 3.17. The standard InChI is InChI=1S/C27H35N3O2/c1-29(2)24-12-10-22(11-13-24)7-6-18-30-19-16-27(17-20-30)15-14-25(32-27)21-28-26(31)23-8-4-3-5-9-23/h3-13,25H,14-21H2,1-2H3,(H,28,31). The van der Waals surface area contributed by atoms with Gasteiger partial charge in [-0.2, -0.15) is 0 Å². The number of hydrogen-bond donors (Lipinski definition) is 1. The maximum atomic E-state index is 12.3. The molecule has 5 nitrogen and oxygen atoms in total. The Morgan fingerprint density at radius 3 is 2.50 bits per heavy atom. The quantitative estimate of drug-likeness (QED) is 0.711. The summed E-state index contributed by atoms with van der Waals surface area (Å²) in [6, 6.07) is 18.0. The molecule has 1 N–H and O–H groups in total. The zero-order chi connectivity index (χ0) is 22.4. The lowest BCUT2D eigenvalue weighted by atomic mass is 9.88. The van der Waals surface area contributed by atoms with E-state index in [1.54, 1.807) is 0 Å². The van der Waals surface area contributed by atoms with Gasteiger partial charge in [-0.05, 0) is 55.5 Å². The van der Waals surface area contributed by atoms with Crippen LogP contribution in [0.1, 0.15) is 41.6 Å². The van der Waals surface area contributed by atoms with Crippen molar-refractivity contribution in [2.24, 2.45) is 0 Å². The van der Waals surface area contributed by atoms with Crippen LogP contribution in [0.4, 0.5) is 5.69 Å². The molecule has 0 radical (unpaired) electrons. The molecule has 170 valence electrons. The minimum atomic E-state index is -0.0203. The minimum Gasteiger partial charge on any atom is -0.378 e. The minimum absolute atomic E-state index is 0.00433. The Balaban J connectivity index is 1.18. The molecule has 2 aromatic rings. The predicted molar refractivity (Wildman–Crippen MR) is 131 cm³/mol. The zero-order valence-corrected chi connectivity index (χ0v) is 19.3. The molecule has 0 saturated carbocycles. The summed E-state index contributed by atoms with van der Waals surface area (Å²) in [6.07, 6.45) is 8.86. The van der Waals surface area contributed by atoms with E-state index in [4.69, 9.17) is 4.74 Å². The normalized spacial score (nSPS) is 20.6. The number of carbonyl (C=O) groups excluding carboxylic acids is 1. The number of nitrogens with one attached hydrogen (secondary N) is 1. The molecule has 32 heavy (non-hydrogen) atoms. The highest BCUT2D eigenvalue weighted by Crippen LogP contribution is 2.38. The summed E-state index contributed by atoms with van der Waals surface area (Å²) in [7, 11) is 4.12. The van der Waals surface area contributed by atoms with Gasteiger partial charge in [0.15, 0.2) is 0 Å². The first-order valence-electron chi connectivity index (χ1n) is 11.7. The van der Waals surface area contributed by atoms with Gasteiger partial charge in [-0.3, -0.25) is 9.69 Å². The molecular weight excluding hydrogens is 398 g/mol. The van der Waals surface area contributed by atoms with Gasteiger partial charge in [0.2, 0.25) is 0 Å². The van der Waals surface area contributed by atoms with Crippen molar-refractivity contribution in [2.45, 2.75) is 37.4 Å². The van der Waals surface area contributed by atoms with Crippen LogP contribution in [0.3, 0.4) is 0 Å². The molecule has 2 fully saturated rings. The fourth-order valence-corrected chi connectivity index (χ4v) is 4.67. The van der Waals surface area contributed by atoms with Crippen molar-refractivity contribution in [2.75, 3.05) is 45.2 Å². The summed E-state index contributed by atoms with van der Waals surface area (Å²) >= 11 is 0. The van der Waals surface area contributed by atoms with Crippen LogP contribution in [0.25, 0.3) is 6.08 Å². The number of amides is 1. The van der Waals surface area contributed by atoms with E-state index in [0.29, 0.717) is 12.1 Å². The highest BCUT2D eigenvalue weighted by atomic mass is 16.5. The van der Waals surface area contributed by atoms with Crippen molar-refractivity contribution in [1.29, 1.82) is 0 Å². The first kappa shape index (κ1) is 22.6. The molecule has 1 atom stereocenters. The lowest BCUT2D eigenvalue weighted by Gasteiger charge is -2.38. The van der Waals surface area contributed by atoms with Crippen LogP contribution in [0, 0.1) is 0 Å². The van der Waals surface area contributed by atoms with Crippen LogP contribution in [-0.2, 0) is 4.74 Å². The topological polar surface area (TPSA) is 44.8 Å². The molecule has 0 bridgehead atoms. The van der Waals surface area contributed by atoms with Crippen molar-refractivity contribution >= 4 is 17.7 Å². The first-order valence-corrected chi connectivity index (χ1v) is 11.7. The fraction of sp³-hybridized carbons (Fsp3) is 0.444. The lowest BCUT2D eigenvalue weighted by molar-refractivity contribution is -0.0740. The van der Waals surface area contributed by atoms with Crippen LogP contribution >= 0.6 is 0 Å². The molecule has 2 heterocycles. The third-order valence-electron chi connectivity index (χ3n) is 6.72. The van der Waals surface area contributed by atoms with Gasteiger partial charge in [-0.15, -0.1) is 0 Å². The third-order valence-corrected chi connectivity index (χ3v) is 6.72. The first-order chi connectivity index (χ1) is 15.5. The van der Waals surface area contributed by atoms with Gasteiger partial charge in [0, 0.05) is 51.5 Å². The van der Waals surface area contributed by atoms with Gasteiger partial charge < -0.3 is 15.0 Å². The number of nitrogens with zero attached hydrogens (tertiary/aromatic N) is 2. The van der Waals surface area contributed by atoms with Crippen molar-refractivity contribution in [3.05, 3.63) is 71.8 Å². The largest absolute Gasteiger partial charge is 0.378 e. The summed E-state index contributed by atoms with van der Waals surface area (Å²) in [5.74, 6) is -0.0203. The molecule has 2 aromatic carbocycles. The molecule has 1 amide bonds. The van der Waals surface area contributed by atoms with E-state index >= 15 is 0 Å². The third kappa shape index (κ3) is 5.78. The Labute approximate surface area is 192 Å². The summed E-state index contributed by atoms with van der Waals surface area (Å²) in [5, 5.41) is 3.04. The van der Waals surface area contributed by atoms with Crippen LogP contribution in [-0.4, -0.2) is 62.8 Å². The van der Waals surface area contributed by atoms with Gasteiger partial charge in [-0.1, -0.05) is 42.5 Å². The van der Waals surface area contributed by atoms with Crippen LogP contribution in [0.2, 0.25) is 0 Å². The molecular formula is C27H35N3O2. The van der Waals surface area contributed by atoms with E-state index in [0.717, 1.165) is 45.3 Å². The smallest absolute Gasteiger partial charge is 0.251 e. The van der Waals surface area contributed by atoms with E-state index in [-0.39, 0.29) is 17.6 Å². The molecule has 4 rings (SSSR count). The maximum absolute atomic E-state index is 12.3. The number of likely N-dealkylation sites (tertiary alicyclic amines) is 1. The maximum Gasteiger partial charge on any atom is 0.251 e. The average Bonchev–Trinajstić information content (AvgIpc) is 3.22. The highest BCUT2D eigenvalue weighted by Gasteiger charge is 2.42. The summed E-state index contributed by atoms with van der Waals surface area (Å²) < 4.78 is 6.47. The fourth-order valence-electron chi connectivity index (χ4n) is 4.67. The number of piperidine rings is 1. The Morgan fingerprint density at radius 1 is 1.09 bits per heavy atom. The SMILES string of the molecule is CN(C)c1ccc(C=CCN2CCC3(CCC(CNC(=O)c4ccccc4)O3)CC2)cc1. The monoisotopic (exact) mass is 433 g/mol. The number of rotatable bonds is 7. The summed E-state index contributed by atoms with van der Waals surface area (Å²) in [6.45, 7) is 3.69. The predicted octanol–water partition coefficient (Wildman–Crippen LogP) is 4.21. The molecule has 2 aliphatic rings. The Kier molecular flexibility index (Phi) is 7.28. The molecule has 1 unspecified atom stereocenters. The molecule has 2 aliphatic heterocycles. The van der Waals surface area contributed by atoms with Gasteiger partial charge in [-0.25, -0.2) is 0 Å². The van der Waals surface area contributed by atoms with E-state index in [9.17, 15) is 4.79 Å². The van der Waals surface area contributed by atoms with Crippen LogP contribution in [0.5, 0.6) is 0 Å². The Morgan fingerprint density at radius 2 is 1.81 bits per heavy atom. The van der Waals surface area contributed by atoms with Gasteiger partial charge >= 0.3 is 0 Å². The van der Waals surface area contributed by atoms with Gasteiger partial charge in [0.1, 0.15) is 0 Å². The van der Waals surface area contributed by atoms with E-state index in [1.165, 1.54) is 11.3 Å². The molecule has 2 saturated heterocycles. The second-order valence-corrected chi connectivity index (χ2v) is 9.23. The van der Waals surface area contributed by atoms with Crippen molar-refractivity contribution in [1.82, 2.24) is 10.2 Å². The second kappa shape index (κ2) is 10.3. The number of hydrogen-bond acceptors (Lipinski definition) is 4. The molecule has 0 aliphatic carbocycles. The van der Waals surface area contributed by atoms with Crippen LogP contribution in [0.15, 0.2) is 60.7 Å². The molecule has 1 spiro atoms. The Hall–Kier alpha value is -2.63.